The van der Waals surface area contributed by atoms with Crippen LogP contribution in [-0.4, -0.2) is 27.5 Å². The highest BCUT2D eigenvalue weighted by Crippen LogP contribution is 2.10. The molecule has 0 aliphatic carbocycles. The van der Waals surface area contributed by atoms with Crippen molar-refractivity contribution in [1.29, 1.82) is 5.41 Å². The van der Waals surface area contributed by atoms with Crippen LogP contribution >= 0.6 is 11.8 Å². The maximum atomic E-state index is 10.4. The zero-order valence-corrected chi connectivity index (χ0v) is 7.03. The first-order valence-corrected chi connectivity index (χ1v) is 3.99. The Morgan fingerprint density at radius 1 is 1.45 bits per heavy atom. The van der Waals surface area contributed by atoms with Crippen LogP contribution in [0.25, 0.3) is 0 Å². The number of allylic oxidation sites excluding steroid dienone is 1. The number of nitrogens with one attached hydrogen (secondary N) is 1. The molecule has 0 aromatic rings. The molecule has 0 heterocycles. The lowest BCUT2D eigenvalue weighted by Gasteiger charge is -2.01. The fourth-order valence-corrected chi connectivity index (χ4v) is 0.957. The highest BCUT2D eigenvalue weighted by Gasteiger charge is 2.15. The summed E-state index contributed by atoms with van der Waals surface area (Å²) in [6, 6.07) is 0. The number of carboxylic acid groups (broad SMARTS) is 1. The SMILES string of the molecule is CSC(=N)/C(C(=O)O)=C(/C)O. The molecule has 0 aliphatic heterocycles. The Kier molecular flexibility index (Phi) is 3.67. The van der Waals surface area contributed by atoms with Crippen LogP contribution in [0.1, 0.15) is 6.92 Å². The van der Waals surface area contributed by atoms with Crippen molar-refractivity contribution >= 4 is 22.8 Å². The second-order valence-electron chi connectivity index (χ2n) is 1.80. The van der Waals surface area contributed by atoms with Gasteiger partial charge in [-0.2, -0.15) is 0 Å². The van der Waals surface area contributed by atoms with Gasteiger partial charge in [0.25, 0.3) is 0 Å². The van der Waals surface area contributed by atoms with Gasteiger partial charge >= 0.3 is 5.97 Å². The van der Waals surface area contributed by atoms with Gasteiger partial charge in [0.2, 0.25) is 0 Å². The zero-order chi connectivity index (χ0) is 9.02. The minimum Gasteiger partial charge on any atom is -0.512 e. The Morgan fingerprint density at radius 2 is 1.91 bits per heavy atom. The fraction of sp³-hybridized carbons (Fsp3) is 0.333. The first-order valence-electron chi connectivity index (χ1n) is 2.76. The molecule has 62 valence electrons. The molecule has 0 saturated heterocycles. The van der Waals surface area contributed by atoms with E-state index in [1.165, 1.54) is 6.92 Å². The summed E-state index contributed by atoms with van der Waals surface area (Å²) in [6.45, 7) is 1.24. The molecule has 0 radical (unpaired) electrons. The van der Waals surface area contributed by atoms with Crippen molar-refractivity contribution in [3.63, 3.8) is 0 Å². The lowest BCUT2D eigenvalue weighted by Crippen LogP contribution is -2.10. The molecule has 0 bridgehead atoms. The minimum atomic E-state index is -1.27. The smallest absolute Gasteiger partial charge is 0.341 e. The van der Waals surface area contributed by atoms with Gasteiger partial charge < -0.3 is 10.2 Å². The molecule has 5 heteroatoms. The third-order valence-electron chi connectivity index (χ3n) is 1.01. The molecular formula is C6H9NO3S. The van der Waals surface area contributed by atoms with E-state index in [0.29, 0.717) is 0 Å². The van der Waals surface area contributed by atoms with Crippen molar-refractivity contribution < 1.29 is 15.0 Å². The predicted octanol–water partition coefficient (Wildman–Crippen LogP) is 1.24. The van der Waals surface area contributed by atoms with Gasteiger partial charge in [-0.05, 0) is 13.2 Å². The lowest BCUT2D eigenvalue weighted by atomic mass is 10.2. The van der Waals surface area contributed by atoms with E-state index < -0.39 is 5.97 Å². The van der Waals surface area contributed by atoms with Gasteiger partial charge in [0.1, 0.15) is 16.4 Å². The molecule has 3 N–H and O–H groups in total. The van der Waals surface area contributed by atoms with Gasteiger partial charge in [0.15, 0.2) is 0 Å². The second kappa shape index (κ2) is 4.02. The van der Waals surface area contributed by atoms with Crippen LogP contribution < -0.4 is 0 Å². The van der Waals surface area contributed by atoms with Crippen molar-refractivity contribution in [3.05, 3.63) is 11.3 Å². The van der Waals surface area contributed by atoms with Crippen molar-refractivity contribution in [2.75, 3.05) is 6.26 Å². The van der Waals surface area contributed by atoms with Crippen LogP contribution in [0.5, 0.6) is 0 Å². The average Bonchev–Trinajstić information content (AvgIpc) is 1.85. The van der Waals surface area contributed by atoms with Crippen LogP contribution in [0.4, 0.5) is 0 Å². The molecule has 0 aromatic carbocycles. The summed E-state index contributed by atoms with van der Waals surface area (Å²) in [5.74, 6) is -1.61. The summed E-state index contributed by atoms with van der Waals surface area (Å²) in [7, 11) is 0. The van der Waals surface area contributed by atoms with E-state index in [1.54, 1.807) is 6.26 Å². The minimum absolute atomic E-state index is 0.141. The zero-order valence-electron chi connectivity index (χ0n) is 6.21. The maximum absolute atomic E-state index is 10.4. The molecule has 0 aliphatic rings. The van der Waals surface area contributed by atoms with Gasteiger partial charge in [-0.1, -0.05) is 0 Å². The Hall–Kier alpha value is -0.970. The molecule has 0 fully saturated rings. The van der Waals surface area contributed by atoms with E-state index in [2.05, 4.69) is 0 Å². The van der Waals surface area contributed by atoms with E-state index in [9.17, 15) is 4.79 Å². The van der Waals surface area contributed by atoms with E-state index >= 15 is 0 Å². The molecule has 4 nitrogen and oxygen atoms in total. The molecular weight excluding hydrogens is 166 g/mol. The van der Waals surface area contributed by atoms with E-state index in [0.717, 1.165) is 11.8 Å². The molecule has 0 spiro atoms. The number of carboxylic acids is 1. The number of aliphatic hydroxyl groups excluding tert-OH is 1. The maximum Gasteiger partial charge on any atom is 0.341 e. The van der Waals surface area contributed by atoms with Gasteiger partial charge in [-0.25, -0.2) is 4.79 Å². The number of aliphatic hydroxyl groups is 1. The Balaban J connectivity index is 4.79. The molecule has 0 atom stereocenters. The quantitative estimate of drug-likeness (QED) is 0.255. The molecule has 0 aromatic heterocycles. The van der Waals surface area contributed by atoms with Gasteiger partial charge in [0, 0.05) is 0 Å². The molecule has 0 saturated carbocycles. The van der Waals surface area contributed by atoms with Crippen molar-refractivity contribution in [2.45, 2.75) is 6.92 Å². The molecule has 0 unspecified atom stereocenters. The Bertz CT molecular complexity index is 218. The highest BCUT2D eigenvalue weighted by molar-refractivity contribution is 8.13. The summed E-state index contributed by atoms with van der Waals surface area (Å²) in [4.78, 5) is 10.4. The summed E-state index contributed by atoms with van der Waals surface area (Å²) >= 11 is 0.974. The average molecular weight is 175 g/mol. The second-order valence-corrected chi connectivity index (χ2v) is 2.62. The number of hydrogen-bond donors (Lipinski definition) is 3. The van der Waals surface area contributed by atoms with Crippen LogP contribution in [-0.2, 0) is 4.79 Å². The van der Waals surface area contributed by atoms with Gasteiger partial charge in [-0.3, -0.25) is 5.41 Å². The monoisotopic (exact) mass is 175 g/mol. The highest BCUT2D eigenvalue weighted by atomic mass is 32.2. The number of rotatable bonds is 2. The normalized spacial score (nSPS) is 12.2. The van der Waals surface area contributed by atoms with Crippen molar-refractivity contribution in [3.8, 4) is 0 Å². The third-order valence-corrected chi connectivity index (χ3v) is 1.62. The number of aliphatic carboxylic acids is 1. The number of thioether (sulfide) groups is 1. The summed E-state index contributed by atoms with van der Waals surface area (Å²) in [5.41, 5.74) is -0.336. The Morgan fingerprint density at radius 3 is 2.00 bits per heavy atom. The largest absolute Gasteiger partial charge is 0.512 e. The lowest BCUT2D eigenvalue weighted by molar-refractivity contribution is -0.132. The molecule has 11 heavy (non-hydrogen) atoms. The van der Waals surface area contributed by atoms with Gasteiger partial charge in [0.05, 0.1) is 0 Å². The van der Waals surface area contributed by atoms with Crippen LogP contribution in [0, 0.1) is 5.41 Å². The Labute approximate surface area is 68.4 Å². The first-order chi connectivity index (χ1) is 5.00. The third kappa shape index (κ3) is 2.63. The van der Waals surface area contributed by atoms with Crippen LogP contribution in [0.15, 0.2) is 11.3 Å². The topological polar surface area (TPSA) is 81.4 Å². The van der Waals surface area contributed by atoms with Gasteiger partial charge in [-0.15, -0.1) is 11.8 Å². The van der Waals surface area contributed by atoms with Crippen LogP contribution in [0.3, 0.4) is 0 Å². The van der Waals surface area contributed by atoms with E-state index in [1.807, 2.05) is 0 Å². The van der Waals surface area contributed by atoms with E-state index in [-0.39, 0.29) is 16.4 Å². The fourth-order valence-electron chi connectivity index (χ4n) is 0.518. The summed E-state index contributed by atoms with van der Waals surface area (Å²) < 4.78 is 0. The number of carbonyl (C=O) groups is 1. The summed E-state index contributed by atoms with van der Waals surface area (Å²) in [6.07, 6.45) is 1.58. The standard InChI is InChI=1S/C6H9NO3S/c1-3(8)4(6(9)10)5(7)11-2/h7-8H,1-2H3,(H,9,10)/b4-3+,7-5?. The predicted molar refractivity (Wildman–Crippen MR) is 44.2 cm³/mol. The number of hydrogen-bond acceptors (Lipinski definition) is 4. The molecule has 0 amide bonds. The van der Waals surface area contributed by atoms with Crippen molar-refractivity contribution in [1.82, 2.24) is 0 Å². The van der Waals surface area contributed by atoms with Crippen molar-refractivity contribution in [2.24, 2.45) is 0 Å². The first kappa shape index (κ1) is 10.0. The summed E-state index contributed by atoms with van der Waals surface area (Å²) in [5, 5.41) is 24.3. The van der Waals surface area contributed by atoms with Crippen LogP contribution in [0.2, 0.25) is 0 Å². The molecule has 0 rings (SSSR count). The van der Waals surface area contributed by atoms with E-state index in [4.69, 9.17) is 15.6 Å².